The monoisotopic (exact) mass is 308 g/mol. The fraction of sp³-hybridized carbons (Fsp3) is 0.500. The first-order valence-corrected chi connectivity index (χ1v) is 6.90. The van der Waals surface area contributed by atoms with Crippen LogP contribution in [0.15, 0.2) is 18.7 Å². The normalized spacial score (nSPS) is 22.2. The molecule has 0 saturated carbocycles. The molecule has 2 heterocycles. The van der Waals surface area contributed by atoms with Gasteiger partial charge in [-0.25, -0.2) is 4.79 Å². The van der Waals surface area contributed by atoms with Crippen LogP contribution in [-0.4, -0.2) is 47.4 Å². The molecule has 1 fully saturated rings. The van der Waals surface area contributed by atoms with E-state index in [2.05, 4.69) is 27.2 Å². The molecule has 1 aliphatic rings. The van der Waals surface area contributed by atoms with Gasteiger partial charge in [0.15, 0.2) is 0 Å². The number of aromatic nitrogens is 2. The molecule has 0 aromatic carbocycles. The van der Waals surface area contributed by atoms with E-state index in [9.17, 15) is 9.90 Å². The number of carbonyl (C=O) groups is 1. The Hall–Kier alpha value is -2.35. The lowest BCUT2D eigenvalue weighted by molar-refractivity contribution is 0.106. The average molecular weight is 308 g/mol. The molecule has 1 aromatic rings. The zero-order valence-corrected chi connectivity index (χ0v) is 12.6. The maximum Gasteiger partial charge on any atom is 0.319 e. The molecule has 120 valence electrons. The van der Waals surface area contributed by atoms with Gasteiger partial charge in [0, 0.05) is 12.1 Å². The summed E-state index contributed by atoms with van der Waals surface area (Å²) in [6.45, 7) is 3.67. The third kappa shape index (κ3) is 3.64. The highest BCUT2D eigenvalue weighted by Crippen LogP contribution is 2.25. The predicted octanol–water partition coefficient (Wildman–Crippen LogP) is 0.543. The quantitative estimate of drug-likeness (QED) is 0.663. The van der Waals surface area contributed by atoms with Crippen LogP contribution in [0.1, 0.15) is 24.6 Å². The number of rotatable bonds is 6. The summed E-state index contributed by atoms with van der Waals surface area (Å²) in [5, 5.41) is 16.0. The Balaban J connectivity index is 2.20. The van der Waals surface area contributed by atoms with Crippen LogP contribution in [0.4, 0.5) is 4.79 Å². The van der Waals surface area contributed by atoms with E-state index in [1.165, 1.54) is 20.3 Å². The van der Waals surface area contributed by atoms with Crippen LogP contribution in [0.5, 0.6) is 11.9 Å². The number of hydrogen-bond acceptors (Lipinski definition) is 6. The van der Waals surface area contributed by atoms with Crippen molar-refractivity contribution in [3.63, 3.8) is 0 Å². The molecule has 1 aliphatic heterocycles. The van der Waals surface area contributed by atoms with Crippen molar-refractivity contribution in [3.05, 3.63) is 24.4 Å². The van der Waals surface area contributed by atoms with Gasteiger partial charge in [0.25, 0.3) is 0 Å². The van der Waals surface area contributed by atoms with Crippen molar-refractivity contribution in [2.75, 3.05) is 14.2 Å². The molecular formula is C14H20N4O4. The summed E-state index contributed by atoms with van der Waals surface area (Å²) in [5.74, 6) is 0.281. The van der Waals surface area contributed by atoms with Crippen LogP contribution in [-0.2, 0) is 0 Å². The minimum atomic E-state index is -0.996. The Labute approximate surface area is 128 Å². The van der Waals surface area contributed by atoms with Gasteiger partial charge in [-0.05, 0) is 12.8 Å². The summed E-state index contributed by atoms with van der Waals surface area (Å²) in [4.78, 5) is 19.8. The van der Waals surface area contributed by atoms with Crippen LogP contribution in [0.25, 0.3) is 0 Å². The van der Waals surface area contributed by atoms with E-state index in [4.69, 9.17) is 9.47 Å². The standard InChI is InChI=1S/C14H20N4O4/c1-4-5-8-6-9(16-13(20)15-8)12(19)10-7-11(21-2)18-14(17-10)22-3/h4,7-9,12,19H,1,5-6H2,2-3H3,(H2,15,16,20)/t8-,9-,12-/m1/s1. The second kappa shape index (κ2) is 7.08. The number of nitrogens with one attached hydrogen (secondary N) is 2. The zero-order chi connectivity index (χ0) is 16.1. The van der Waals surface area contributed by atoms with E-state index >= 15 is 0 Å². The van der Waals surface area contributed by atoms with Crippen LogP contribution in [0, 0.1) is 0 Å². The molecule has 3 atom stereocenters. The number of aliphatic hydroxyl groups excluding tert-OH is 1. The second-order valence-corrected chi connectivity index (χ2v) is 4.95. The van der Waals surface area contributed by atoms with E-state index in [1.54, 1.807) is 6.08 Å². The molecule has 8 heteroatoms. The Bertz CT molecular complexity index is 529. The van der Waals surface area contributed by atoms with Gasteiger partial charge in [-0.15, -0.1) is 6.58 Å². The van der Waals surface area contributed by atoms with Crippen molar-refractivity contribution < 1.29 is 19.4 Å². The molecule has 0 radical (unpaired) electrons. The maximum atomic E-state index is 11.7. The van der Waals surface area contributed by atoms with Crippen LogP contribution < -0.4 is 20.1 Å². The van der Waals surface area contributed by atoms with Gasteiger partial charge in [-0.1, -0.05) is 6.08 Å². The number of amides is 2. The van der Waals surface area contributed by atoms with E-state index in [0.29, 0.717) is 18.5 Å². The SMILES string of the molecule is C=CC[C@@H]1C[C@H]([C@@H](O)c2cc(OC)nc(OC)n2)NC(=O)N1. The van der Waals surface area contributed by atoms with Crippen LogP contribution in [0.3, 0.4) is 0 Å². The number of carbonyl (C=O) groups excluding carboxylic acids is 1. The molecule has 3 N–H and O–H groups in total. The molecule has 1 saturated heterocycles. The topological polar surface area (TPSA) is 106 Å². The summed E-state index contributed by atoms with van der Waals surface area (Å²) in [6.07, 6.45) is 1.92. The smallest absolute Gasteiger partial charge is 0.319 e. The van der Waals surface area contributed by atoms with Gasteiger partial charge >= 0.3 is 12.0 Å². The largest absolute Gasteiger partial charge is 0.481 e. The fourth-order valence-corrected chi connectivity index (χ4v) is 2.36. The minimum absolute atomic E-state index is 0.0727. The first-order chi connectivity index (χ1) is 10.6. The van der Waals surface area contributed by atoms with E-state index in [1.807, 2.05) is 0 Å². The number of ether oxygens (including phenoxy) is 2. The first kappa shape index (κ1) is 16.0. The minimum Gasteiger partial charge on any atom is -0.481 e. The number of aliphatic hydroxyl groups is 1. The van der Waals surface area contributed by atoms with Gasteiger partial charge in [0.2, 0.25) is 5.88 Å². The average Bonchev–Trinajstić information content (AvgIpc) is 2.53. The molecule has 2 rings (SSSR count). The van der Waals surface area contributed by atoms with Crippen LogP contribution in [0.2, 0.25) is 0 Å². The number of urea groups is 1. The summed E-state index contributed by atoms with van der Waals surface area (Å²) in [5.41, 5.74) is 0.327. The number of nitrogens with zero attached hydrogens (tertiary/aromatic N) is 2. The molecule has 0 spiro atoms. The van der Waals surface area contributed by atoms with Crippen molar-refractivity contribution in [2.45, 2.75) is 31.0 Å². The second-order valence-electron chi connectivity index (χ2n) is 4.95. The molecule has 0 aliphatic carbocycles. The molecule has 8 nitrogen and oxygen atoms in total. The van der Waals surface area contributed by atoms with Crippen molar-refractivity contribution in [1.82, 2.24) is 20.6 Å². The van der Waals surface area contributed by atoms with Gasteiger partial charge in [-0.2, -0.15) is 9.97 Å². The predicted molar refractivity (Wildman–Crippen MR) is 78.8 cm³/mol. The Morgan fingerprint density at radius 3 is 2.86 bits per heavy atom. The van der Waals surface area contributed by atoms with Crippen molar-refractivity contribution in [2.24, 2.45) is 0 Å². The Morgan fingerprint density at radius 2 is 2.23 bits per heavy atom. The van der Waals surface area contributed by atoms with Crippen molar-refractivity contribution in [3.8, 4) is 11.9 Å². The van der Waals surface area contributed by atoms with Crippen molar-refractivity contribution >= 4 is 6.03 Å². The molecule has 2 amide bonds. The first-order valence-electron chi connectivity index (χ1n) is 6.90. The summed E-state index contributed by atoms with van der Waals surface area (Å²) >= 11 is 0. The highest BCUT2D eigenvalue weighted by Gasteiger charge is 2.32. The highest BCUT2D eigenvalue weighted by molar-refractivity contribution is 5.75. The lowest BCUT2D eigenvalue weighted by Gasteiger charge is -2.33. The summed E-state index contributed by atoms with van der Waals surface area (Å²) in [6, 6.07) is 0.746. The molecule has 22 heavy (non-hydrogen) atoms. The molecule has 0 unspecified atom stereocenters. The van der Waals surface area contributed by atoms with Gasteiger partial charge in [0.1, 0.15) is 6.10 Å². The summed E-state index contributed by atoms with van der Waals surface area (Å²) < 4.78 is 10.0. The van der Waals surface area contributed by atoms with E-state index < -0.39 is 12.1 Å². The third-order valence-corrected chi connectivity index (χ3v) is 3.42. The fourth-order valence-electron chi connectivity index (χ4n) is 2.36. The summed E-state index contributed by atoms with van der Waals surface area (Å²) in [7, 11) is 2.89. The van der Waals surface area contributed by atoms with E-state index in [0.717, 1.165) is 0 Å². The molecular weight excluding hydrogens is 288 g/mol. The Kier molecular flexibility index (Phi) is 5.16. The lowest BCUT2D eigenvalue weighted by atomic mass is 9.96. The Morgan fingerprint density at radius 1 is 1.45 bits per heavy atom. The van der Waals surface area contributed by atoms with Gasteiger partial charge < -0.3 is 25.2 Å². The molecule has 1 aromatic heterocycles. The number of methoxy groups -OCH3 is 2. The third-order valence-electron chi connectivity index (χ3n) is 3.42. The van der Waals surface area contributed by atoms with Gasteiger partial charge in [0.05, 0.1) is 26.0 Å². The van der Waals surface area contributed by atoms with Crippen LogP contribution >= 0.6 is 0 Å². The zero-order valence-electron chi connectivity index (χ0n) is 12.6. The molecule has 0 bridgehead atoms. The van der Waals surface area contributed by atoms with Gasteiger partial charge in [-0.3, -0.25) is 0 Å². The lowest BCUT2D eigenvalue weighted by Crippen LogP contribution is -2.56. The maximum absolute atomic E-state index is 11.7. The van der Waals surface area contributed by atoms with E-state index in [-0.39, 0.29) is 24.0 Å². The van der Waals surface area contributed by atoms with Crippen molar-refractivity contribution in [1.29, 1.82) is 0 Å². The number of hydrogen-bond donors (Lipinski definition) is 3. The highest BCUT2D eigenvalue weighted by atomic mass is 16.5.